The van der Waals surface area contributed by atoms with Crippen molar-refractivity contribution in [1.29, 1.82) is 0 Å². The average Bonchev–Trinajstić information content (AvgIpc) is 2.47. The first-order valence-corrected chi connectivity index (χ1v) is 4.32. The Bertz CT molecular complexity index is 294. The fraction of sp³-hybridized carbons (Fsp3) is 0.556. The number of aromatic nitrogens is 2. The number of nitrogens with one attached hydrogen (secondary N) is 1. The highest BCUT2D eigenvalue weighted by Crippen LogP contribution is 2.19. The quantitative estimate of drug-likeness (QED) is 0.720. The molecule has 0 saturated heterocycles. The van der Waals surface area contributed by atoms with Gasteiger partial charge in [-0.25, -0.2) is 0 Å². The summed E-state index contributed by atoms with van der Waals surface area (Å²) in [5.74, 6) is 0. The molecular formula is C9H14N2O2. The van der Waals surface area contributed by atoms with Gasteiger partial charge in [0.15, 0.2) is 6.29 Å². The van der Waals surface area contributed by atoms with Crippen LogP contribution in [0.2, 0.25) is 0 Å². The Kier molecular flexibility index (Phi) is 3.19. The molecule has 0 aliphatic rings. The number of hydrogen-bond acceptors (Lipinski definition) is 3. The summed E-state index contributed by atoms with van der Waals surface area (Å²) >= 11 is 0. The number of aromatic amines is 1. The summed E-state index contributed by atoms with van der Waals surface area (Å²) in [6.07, 6.45) is 0.708. The van der Waals surface area contributed by atoms with E-state index in [-0.39, 0.29) is 6.10 Å². The van der Waals surface area contributed by atoms with Gasteiger partial charge in [-0.2, -0.15) is 5.10 Å². The van der Waals surface area contributed by atoms with Gasteiger partial charge in [-0.3, -0.25) is 9.89 Å². The van der Waals surface area contributed by atoms with Crippen molar-refractivity contribution in [3.8, 4) is 0 Å². The smallest absolute Gasteiger partial charge is 0.170 e. The summed E-state index contributed by atoms with van der Waals surface area (Å²) < 4.78 is 5.38. The predicted octanol–water partition coefficient (Wildman–Crippen LogP) is 1.63. The molecule has 0 bridgehead atoms. The fourth-order valence-electron chi connectivity index (χ4n) is 1.27. The zero-order valence-corrected chi connectivity index (χ0v) is 8.13. The lowest BCUT2D eigenvalue weighted by molar-refractivity contribution is 0.0729. The van der Waals surface area contributed by atoms with Gasteiger partial charge < -0.3 is 4.74 Å². The third-order valence-corrected chi connectivity index (χ3v) is 2.02. The van der Waals surface area contributed by atoms with E-state index in [2.05, 4.69) is 10.2 Å². The Morgan fingerprint density at radius 3 is 2.85 bits per heavy atom. The van der Waals surface area contributed by atoms with Crippen molar-refractivity contribution in [2.24, 2.45) is 0 Å². The summed E-state index contributed by atoms with van der Waals surface area (Å²) in [6, 6.07) is 0. The first-order valence-electron chi connectivity index (χ1n) is 4.32. The Morgan fingerprint density at radius 1 is 1.69 bits per heavy atom. The molecular weight excluding hydrogens is 168 g/mol. The van der Waals surface area contributed by atoms with E-state index in [0.717, 1.165) is 17.5 Å². The summed E-state index contributed by atoms with van der Waals surface area (Å²) in [5, 5.41) is 6.67. The largest absolute Gasteiger partial charge is 0.373 e. The lowest BCUT2D eigenvalue weighted by Gasteiger charge is -2.09. The van der Waals surface area contributed by atoms with E-state index < -0.39 is 0 Å². The second-order valence-electron chi connectivity index (χ2n) is 2.86. The number of rotatable bonds is 4. The highest BCUT2D eigenvalue weighted by molar-refractivity contribution is 5.74. The number of carbonyl (C=O) groups excluding carboxylic acids is 1. The molecule has 4 nitrogen and oxygen atoms in total. The van der Waals surface area contributed by atoms with Crippen LogP contribution >= 0.6 is 0 Å². The highest BCUT2D eigenvalue weighted by Gasteiger charge is 2.13. The summed E-state index contributed by atoms with van der Waals surface area (Å²) in [5.41, 5.74) is 2.21. The minimum Gasteiger partial charge on any atom is -0.373 e. The van der Waals surface area contributed by atoms with Gasteiger partial charge >= 0.3 is 0 Å². The molecule has 4 heteroatoms. The maximum absolute atomic E-state index is 10.5. The van der Waals surface area contributed by atoms with Crippen LogP contribution in [0, 0.1) is 6.92 Å². The Hall–Kier alpha value is -1.16. The fourth-order valence-corrected chi connectivity index (χ4v) is 1.27. The van der Waals surface area contributed by atoms with Gasteiger partial charge in [-0.15, -0.1) is 0 Å². The lowest BCUT2D eigenvalue weighted by Crippen LogP contribution is -2.01. The van der Waals surface area contributed by atoms with Crippen molar-refractivity contribution in [3.05, 3.63) is 17.0 Å². The van der Waals surface area contributed by atoms with Gasteiger partial charge in [0.05, 0.1) is 11.8 Å². The second-order valence-corrected chi connectivity index (χ2v) is 2.86. The van der Waals surface area contributed by atoms with E-state index >= 15 is 0 Å². The van der Waals surface area contributed by atoms with Crippen LogP contribution in [0.4, 0.5) is 0 Å². The monoisotopic (exact) mass is 182 g/mol. The van der Waals surface area contributed by atoms with Crippen LogP contribution in [0.1, 0.15) is 41.7 Å². The van der Waals surface area contributed by atoms with Gasteiger partial charge in [0, 0.05) is 12.2 Å². The van der Waals surface area contributed by atoms with E-state index in [9.17, 15) is 4.79 Å². The Labute approximate surface area is 77.3 Å². The number of hydrogen-bond donors (Lipinski definition) is 1. The van der Waals surface area contributed by atoms with Gasteiger partial charge in [0.2, 0.25) is 0 Å². The van der Waals surface area contributed by atoms with Crippen LogP contribution in [0.5, 0.6) is 0 Å². The molecule has 1 aromatic rings. The third-order valence-electron chi connectivity index (χ3n) is 2.02. The average molecular weight is 182 g/mol. The van der Waals surface area contributed by atoms with E-state index in [1.807, 2.05) is 20.8 Å². The number of nitrogens with zero attached hydrogens (tertiary/aromatic N) is 1. The van der Waals surface area contributed by atoms with E-state index in [0.29, 0.717) is 12.3 Å². The maximum atomic E-state index is 10.5. The van der Waals surface area contributed by atoms with Crippen molar-refractivity contribution < 1.29 is 9.53 Å². The van der Waals surface area contributed by atoms with Crippen molar-refractivity contribution in [2.45, 2.75) is 26.9 Å². The molecule has 0 radical (unpaired) electrons. The lowest BCUT2D eigenvalue weighted by atomic mass is 10.1. The zero-order valence-electron chi connectivity index (χ0n) is 8.13. The molecule has 1 N–H and O–H groups in total. The van der Waals surface area contributed by atoms with E-state index in [1.54, 1.807) is 0 Å². The normalized spacial score (nSPS) is 12.8. The van der Waals surface area contributed by atoms with Crippen molar-refractivity contribution in [3.63, 3.8) is 0 Å². The van der Waals surface area contributed by atoms with Crippen molar-refractivity contribution in [1.82, 2.24) is 10.2 Å². The SMILES string of the molecule is CCOC(C)c1[nH]nc(C=O)c1C. The molecule has 0 amide bonds. The molecule has 13 heavy (non-hydrogen) atoms. The first kappa shape index (κ1) is 9.92. The van der Waals surface area contributed by atoms with Crippen LogP contribution in [-0.2, 0) is 4.74 Å². The van der Waals surface area contributed by atoms with Gasteiger partial charge in [-0.1, -0.05) is 0 Å². The molecule has 0 saturated carbocycles. The summed E-state index contributed by atoms with van der Waals surface area (Å²) in [6.45, 7) is 6.37. The minimum absolute atomic E-state index is 0.0359. The van der Waals surface area contributed by atoms with Gasteiger partial charge in [-0.05, 0) is 20.8 Å². The molecule has 1 heterocycles. The molecule has 0 aliphatic heterocycles. The Balaban J connectivity index is 2.88. The summed E-state index contributed by atoms with van der Waals surface area (Å²) in [7, 11) is 0. The predicted molar refractivity (Wildman–Crippen MR) is 48.8 cm³/mol. The molecule has 1 unspecified atom stereocenters. The van der Waals surface area contributed by atoms with Crippen LogP contribution in [0.15, 0.2) is 0 Å². The van der Waals surface area contributed by atoms with Crippen molar-refractivity contribution >= 4 is 6.29 Å². The molecule has 0 aliphatic carbocycles. The molecule has 1 aromatic heterocycles. The minimum atomic E-state index is -0.0359. The topological polar surface area (TPSA) is 55.0 Å². The molecule has 0 fully saturated rings. The van der Waals surface area contributed by atoms with E-state index in [4.69, 9.17) is 4.74 Å². The van der Waals surface area contributed by atoms with E-state index in [1.165, 1.54) is 0 Å². The van der Waals surface area contributed by atoms with Gasteiger partial charge in [0.1, 0.15) is 5.69 Å². The number of ether oxygens (including phenoxy) is 1. The van der Waals surface area contributed by atoms with Gasteiger partial charge in [0.25, 0.3) is 0 Å². The standard InChI is InChI=1S/C9H14N2O2/c1-4-13-7(3)9-6(2)8(5-12)10-11-9/h5,7H,4H2,1-3H3,(H,10,11). The summed E-state index contributed by atoms with van der Waals surface area (Å²) in [4.78, 5) is 10.5. The number of H-pyrrole nitrogens is 1. The zero-order chi connectivity index (χ0) is 9.84. The first-order chi connectivity index (χ1) is 6.20. The van der Waals surface area contributed by atoms with Crippen LogP contribution < -0.4 is 0 Å². The maximum Gasteiger partial charge on any atom is 0.170 e. The van der Waals surface area contributed by atoms with Crippen LogP contribution in [0.25, 0.3) is 0 Å². The third kappa shape index (κ3) is 1.95. The Morgan fingerprint density at radius 2 is 2.38 bits per heavy atom. The van der Waals surface area contributed by atoms with Crippen LogP contribution in [0.3, 0.4) is 0 Å². The highest BCUT2D eigenvalue weighted by atomic mass is 16.5. The molecule has 1 atom stereocenters. The van der Waals surface area contributed by atoms with Crippen LogP contribution in [-0.4, -0.2) is 23.1 Å². The number of aldehydes is 1. The van der Waals surface area contributed by atoms with Crippen molar-refractivity contribution in [2.75, 3.05) is 6.61 Å². The molecule has 1 rings (SSSR count). The second kappa shape index (κ2) is 4.18. The molecule has 0 aromatic carbocycles. The number of carbonyl (C=O) groups is 1. The molecule has 0 spiro atoms. The molecule has 72 valence electrons.